The van der Waals surface area contributed by atoms with E-state index in [9.17, 15) is 4.39 Å². The van der Waals surface area contributed by atoms with Crippen molar-refractivity contribution < 1.29 is 4.39 Å². The van der Waals surface area contributed by atoms with Gasteiger partial charge < -0.3 is 10.6 Å². The maximum Gasteiger partial charge on any atom is 0.125 e. The molecule has 0 radical (unpaired) electrons. The molecule has 0 bridgehead atoms. The molecule has 3 heteroatoms. The fraction of sp³-hybridized carbons (Fsp3) is 0.571. The molecule has 0 aromatic heterocycles. The van der Waals surface area contributed by atoms with E-state index in [0.717, 1.165) is 31.6 Å². The molecular formula is C14H23FN2. The number of nitrogens with zero attached hydrogens (tertiary/aromatic N) is 1. The molecule has 1 rings (SSSR count). The Labute approximate surface area is 104 Å². The lowest BCUT2D eigenvalue weighted by atomic mass is 10.0. The third-order valence-corrected chi connectivity index (χ3v) is 3.35. The molecule has 0 unspecified atom stereocenters. The molecule has 1 aromatic rings. The molecular weight excluding hydrogens is 215 g/mol. The number of rotatable bonds is 6. The van der Waals surface area contributed by atoms with Gasteiger partial charge in [-0.15, -0.1) is 0 Å². The van der Waals surface area contributed by atoms with Crippen LogP contribution < -0.4 is 10.6 Å². The second kappa shape index (κ2) is 6.48. The van der Waals surface area contributed by atoms with Crippen LogP contribution in [0.5, 0.6) is 0 Å². The van der Waals surface area contributed by atoms with Gasteiger partial charge in [-0.05, 0) is 31.0 Å². The highest BCUT2D eigenvalue weighted by atomic mass is 19.1. The van der Waals surface area contributed by atoms with Gasteiger partial charge in [-0.2, -0.15) is 0 Å². The zero-order valence-corrected chi connectivity index (χ0v) is 11.0. The number of hydrogen-bond acceptors (Lipinski definition) is 2. The minimum atomic E-state index is -0.225. The van der Waals surface area contributed by atoms with Crippen LogP contribution in [0.1, 0.15) is 33.6 Å². The summed E-state index contributed by atoms with van der Waals surface area (Å²) in [5, 5.41) is 0. The van der Waals surface area contributed by atoms with Crippen LogP contribution in [0.3, 0.4) is 0 Å². The molecule has 0 aliphatic carbocycles. The monoisotopic (exact) mass is 238 g/mol. The summed E-state index contributed by atoms with van der Waals surface area (Å²) < 4.78 is 13.3. The Morgan fingerprint density at radius 3 is 2.41 bits per heavy atom. The minimum absolute atomic E-state index is 0.225. The zero-order chi connectivity index (χ0) is 12.8. The van der Waals surface area contributed by atoms with E-state index in [1.54, 1.807) is 6.07 Å². The molecule has 0 saturated heterocycles. The van der Waals surface area contributed by atoms with E-state index >= 15 is 0 Å². The first-order valence-electron chi connectivity index (χ1n) is 6.42. The van der Waals surface area contributed by atoms with Crippen molar-refractivity contribution >= 4 is 11.4 Å². The van der Waals surface area contributed by atoms with Gasteiger partial charge in [0.05, 0.1) is 11.4 Å². The van der Waals surface area contributed by atoms with Crippen molar-refractivity contribution in [3.63, 3.8) is 0 Å². The van der Waals surface area contributed by atoms with Gasteiger partial charge in [0.15, 0.2) is 0 Å². The van der Waals surface area contributed by atoms with E-state index in [1.165, 1.54) is 12.1 Å². The van der Waals surface area contributed by atoms with Gasteiger partial charge in [-0.3, -0.25) is 0 Å². The molecule has 1 aromatic carbocycles. The van der Waals surface area contributed by atoms with Crippen molar-refractivity contribution in [1.82, 2.24) is 0 Å². The normalized spacial score (nSPS) is 10.9. The van der Waals surface area contributed by atoms with Crippen LogP contribution in [0.25, 0.3) is 0 Å². The average Bonchev–Trinajstić information content (AvgIpc) is 2.34. The summed E-state index contributed by atoms with van der Waals surface area (Å²) >= 11 is 0. The van der Waals surface area contributed by atoms with Crippen LogP contribution in [-0.4, -0.2) is 13.1 Å². The Morgan fingerprint density at radius 2 is 1.88 bits per heavy atom. The topological polar surface area (TPSA) is 29.3 Å². The van der Waals surface area contributed by atoms with E-state index in [4.69, 9.17) is 5.73 Å². The molecule has 0 heterocycles. The SMILES string of the molecule is CCC(CC)CN(CC)c1cc(F)ccc1N. The van der Waals surface area contributed by atoms with Gasteiger partial charge in [0.2, 0.25) is 0 Å². The first-order valence-corrected chi connectivity index (χ1v) is 6.42. The summed E-state index contributed by atoms with van der Waals surface area (Å²) in [4.78, 5) is 2.16. The molecule has 2 nitrogen and oxygen atoms in total. The molecule has 0 aliphatic heterocycles. The number of hydrogen-bond donors (Lipinski definition) is 1. The first-order chi connectivity index (χ1) is 8.12. The van der Waals surface area contributed by atoms with E-state index in [0.29, 0.717) is 11.6 Å². The molecule has 0 atom stereocenters. The van der Waals surface area contributed by atoms with Gasteiger partial charge >= 0.3 is 0 Å². The summed E-state index contributed by atoms with van der Waals surface area (Å²) in [6.45, 7) is 8.25. The van der Waals surface area contributed by atoms with Gasteiger partial charge in [0.25, 0.3) is 0 Å². The molecule has 0 saturated carbocycles. The first kappa shape index (κ1) is 13.8. The smallest absolute Gasteiger partial charge is 0.125 e. The number of nitrogens with two attached hydrogens (primary N) is 1. The van der Waals surface area contributed by atoms with Crippen LogP contribution in [0.4, 0.5) is 15.8 Å². The Kier molecular flexibility index (Phi) is 5.26. The van der Waals surface area contributed by atoms with Crippen molar-refractivity contribution in [2.45, 2.75) is 33.6 Å². The molecule has 17 heavy (non-hydrogen) atoms. The maximum absolute atomic E-state index is 13.3. The zero-order valence-electron chi connectivity index (χ0n) is 11.0. The molecule has 2 N–H and O–H groups in total. The summed E-state index contributed by atoms with van der Waals surface area (Å²) in [6, 6.07) is 4.57. The Balaban J connectivity index is 2.89. The minimum Gasteiger partial charge on any atom is -0.397 e. The van der Waals surface area contributed by atoms with Crippen molar-refractivity contribution in [3.05, 3.63) is 24.0 Å². The average molecular weight is 238 g/mol. The van der Waals surface area contributed by atoms with Crippen LogP contribution in [0, 0.1) is 11.7 Å². The molecule has 0 fully saturated rings. The summed E-state index contributed by atoms with van der Waals surface area (Å²) in [5.74, 6) is 0.412. The van der Waals surface area contributed by atoms with Crippen LogP contribution >= 0.6 is 0 Å². The molecule has 0 aliphatic rings. The molecule has 0 amide bonds. The fourth-order valence-corrected chi connectivity index (χ4v) is 2.05. The molecule has 96 valence electrons. The standard InChI is InChI=1S/C14H23FN2/c1-4-11(5-2)10-17(6-3)14-9-12(15)7-8-13(14)16/h7-9,11H,4-6,10,16H2,1-3H3. The number of benzene rings is 1. The van der Waals surface area contributed by atoms with Gasteiger partial charge in [-0.1, -0.05) is 26.7 Å². The van der Waals surface area contributed by atoms with Gasteiger partial charge in [0, 0.05) is 13.1 Å². The predicted octanol–water partition coefficient (Wildman–Crippen LogP) is 3.67. The summed E-state index contributed by atoms with van der Waals surface area (Å²) in [6.07, 6.45) is 2.28. The second-order valence-corrected chi connectivity index (χ2v) is 4.42. The lowest BCUT2D eigenvalue weighted by Crippen LogP contribution is -2.29. The van der Waals surface area contributed by atoms with Crippen LogP contribution in [0.15, 0.2) is 18.2 Å². The number of nitrogen functional groups attached to an aromatic ring is 1. The Bertz CT molecular complexity index is 348. The van der Waals surface area contributed by atoms with Gasteiger partial charge in [-0.25, -0.2) is 4.39 Å². The van der Waals surface area contributed by atoms with E-state index in [2.05, 4.69) is 25.7 Å². The van der Waals surface area contributed by atoms with Gasteiger partial charge in [0.1, 0.15) is 5.82 Å². The van der Waals surface area contributed by atoms with Crippen molar-refractivity contribution in [3.8, 4) is 0 Å². The number of halogens is 1. The quantitative estimate of drug-likeness (QED) is 0.766. The lowest BCUT2D eigenvalue weighted by Gasteiger charge is -2.28. The predicted molar refractivity (Wildman–Crippen MR) is 72.8 cm³/mol. The van der Waals surface area contributed by atoms with Crippen molar-refractivity contribution in [2.24, 2.45) is 5.92 Å². The fourth-order valence-electron chi connectivity index (χ4n) is 2.05. The summed E-state index contributed by atoms with van der Waals surface area (Å²) in [7, 11) is 0. The van der Waals surface area contributed by atoms with E-state index < -0.39 is 0 Å². The lowest BCUT2D eigenvalue weighted by molar-refractivity contribution is 0.486. The molecule has 0 spiro atoms. The number of anilines is 2. The van der Waals surface area contributed by atoms with Crippen LogP contribution in [-0.2, 0) is 0 Å². The maximum atomic E-state index is 13.3. The second-order valence-electron chi connectivity index (χ2n) is 4.42. The Morgan fingerprint density at radius 1 is 1.24 bits per heavy atom. The van der Waals surface area contributed by atoms with Crippen molar-refractivity contribution in [1.29, 1.82) is 0 Å². The highest BCUT2D eigenvalue weighted by molar-refractivity contribution is 5.67. The third kappa shape index (κ3) is 3.62. The largest absolute Gasteiger partial charge is 0.397 e. The third-order valence-electron chi connectivity index (χ3n) is 3.35. The van der Waals surface area contributed by atoms with Crippen LogP contribution in [0.2, 0.25) is 0 Å². The van der Waals surface area contributed by atoms with E-state index in [1.807, 2.05) is 0 Å². The highest BCUT2D eigenvalue weighted by Gasteiger charge is 2.13. The Hall–Kier alpha value is -1.25. The highest BCUT2D eigenvalue weighted by Crippen LogP contribution is 2.25. The summed E-state index contributed by atoms with van der Waals surface area (Å²) in [5.41, 5.74) is 7.39. The van der Waals surface area contributed by atoms with Crippen molar-refractivity contribution in [2.75, 3.05) is 23.7 Å². The van der Waals surface area contributed by atoms with E-state index in [-0.39, 0.29) is 5.82 Å².